The van der Waals surface area contributed by atoms with Crippen molar-refractivity contribution in [2.75, 3.05) is 20.2 Å². The van der Waals surface area contributed by atoms with Gasteiger partial charge in [-0.2, -0.15) is 0 Å². The van der Waals surface area contributed by atoms with Crippen molar-refractivity contribution in [1.29, 1.82) is 0 Å². The zero-order chi connectivity index (χ0) is 9.14. The van der Waals surface area contributed by atoms with E-state index in [2.05, 4.69) is 18.4 Å². The summed E-state index contributed by atoms with van der Waals surface area (Å²) in [4.78, 5) is 2.10. The Labute approximate surface area is 74.0 Å². The molecule has 0 aromatic rings. The van der Waals surface area contributed by atoms with E-state index in [4.69, 9.17) is 9.47 Å². The lowest BCUT2D eigenvalue weighted by atomic mass is 10.4. The van der Waals surface area contributed by atoms with Crippen LogP contribution in [0.2, 0.25) is 0 Å². The van der Waals surface area contributed by atoms with Crippen LogP contribution >= 0.6 is 0 Å². The zero-order valence-corrected chi connectivity index (χ0v) is 8.04. The molecule has 0 N–H and O–H groups in total. The van der Waals surface area contributed by atoms with Gasteiger partial charge >= 0.3 is 0 Å². The van der Waals surface area contributed by atoms with Crippen LogP contribution in [-0.2, 0) is 9.47 Å². The fourth-order valence-corrected chi connectivity index (χ4v) is 1.45. The van der Waals surface area contributed by atoms with Gasteiger partial charge in [0.25, 0.3) is 0 Å². The van der Waals surface area contributed by atoms with E-state index >= 15 is 0 Å². The Kier molecular flexibility index (Phi) is 3.12. The van der Waals surface area contributed by atoms with Crippen LogP contribution in [-0.4, -0.2) is 37.4 Å². The topological polar surface area (TPSA) is 21.7 Å². The summed E-state index contributed by atoms with van der Waals surface area (Å²) in [7, 11) is 2.01. The van der Waals surface area contributed by atoms with Crippen LogP contribution in [0.1, 0.15) is 13.8 Å². The first kappa shape index (κ1) is 9.55. The first-order valence-electron chi connectivity index (χ1n) is 4.32. The van der Waals surface area contributed by atoms with Crippen molar-refractivity contribution in [3.63, 3.8) is 0 Å². The molecular weight excluding hydrogens is 154 g/mol. The molecule has 1 aliphatic heterocycles. The molecule has 2 atom stereocenters. The lowest BCUT2D eigenvalue weighted by Gasteiger charge is -2.19. The molecule has 0 aromatic carbocycles. The van der Waals surface area contributed by atoms with Gasteiger partial charge in [0.05, 0.1) is 12.7 Å². The summed E-state index contributed by atoms with van der Waals surface area (Å²) >= 11 is 0. The maximum Gasteiger partial charge on any atom is 0.168 e. The summed E-state index contributed by atoms with van der Waals surface area (Å²) in [6, 6.07) is 0. The standard InChI is InChI=1S/C9H17NO2/c1-5-11-8(3)9-10(4)6-7(2)12-9/h7,9H,3,5-6H2,1-2,4H3. The minimum absolute atomic E-state index is 0.0556. The molecule has 0 radical (unpaired) electrons. The molecule has 3 nitrogen and oxygen atoms in total. The van der Waals surface area contributed by atoms with Crippen molar-refractivity contribution in [2.24, 2.45) is 0 Å². The molecule has 0 bridgehead atoms. The second-order valence-electron chi connectivity index (χ2n) is 3.14. The molecular formula is C9H17NO2. The van der Waals surface area contributed by atoms with Gasteiger partial charge in [-0.05, 0) is 20.9 Å². The molecule has 2 unspecified atom stereocenters. The first-order valence-corrected chi connectivity index (χ1v) is 4.32. The van der Waals surface area contributed by atoms with Crippen LogP contribution < -0.4 is 0 Å². The molecule has 12 heavy (non-hydrogen) atoms. The lowest BCUT2D eigenvalue weighted by molar-refractivity contribution is -0.00104. The molecule has 0 aliphatic carbocycles. The van der Waals surface area contributed by atoms with Crippen molar-refractivity contribution >= 4 is 0 Å². The highest BCUT2D eigenvalue weighted by molar-refractivity contribution is 4.95. The van der Waals surface area contributed by atoms with Crippen LogP contribution in [0.3, 0.4) is 0 Å². The molecule has 3 heteroatoms. The van der Waals surface area contributed by atoms with E-state index in [9.17, 15) is 0 Å². The predicted octanol–water partition coefficient (Wildman–Crippen LogP) is 1.21. The summed E-state index contributed by atoms with van der Waals surface area (Å²) in [5.41, 5.74) is 0. The van der Waals surface area contributed by atoms with E-state index in [0.29, 0.717) is 12.4 Å². The summed E-state index contributed by atoms with van der Waals surface area (Å²) < 4.78 is 10.9. The molecule has 1 saturated heterocycles. The van der Waals surface area contributed by atoms with Crippen molar-refractivity contribution in [3.05, 3.63) is 12.3 Å². The summed E-state index contributed by atoms with van der Waals surface area (Å²) in [6.07, 6.45) is 0.220. The first-order chi connectivity index (χ1) is 5.65. The maximum atomic E-state index is 5.59. The Bertz CT molecular complexity index is 170. The predicted molar refractivity (Wildman–Crippen MR) is 47.7 cm³/mol. The van der Waals surface area contributed by atoms with Gasteiger partial charge in [0.15, 0.2) is 6.23 Å². The number of rotatable bonds is 3. The Morgan fingerprint density at radius 2 is 2.42 bits per heavy atom. The van der Waals surface area contributed by atoms with Gasteiger partial charge in [-0.25, -0.2) is 0 Å². The quantitative estimate of drug-likeness (QED) is 0.596. The lowest BCUT2D eigenvalue weighted by Crippen LogP contribution is -2.28. The minimum Gasteiger partial charge on any atom is -0.495 e. The summed E-state index contributed by atoms with van der Waals surface area (Å²) in [5, 5.41) is 0. The molecule has 0 amide bonds. The van der Waals surface area contributed by atoms with Gasteiger partial charge in [0.1, 0.15) is 5.76 Å². The second kappa shape index (κ2) is 3.92. The Balaban J connectivity index is 2.46. The number of nitrogens with zero attached hydrogens (tertiary/aromatic N) is 1. The SMILES string of the molecule is C=C(OCC)C1OC(C)CN1C. The Morgan fingerprint density at radius 3 is 2.83 bits per heavy atom. The Morgan fingerprint density at radius 1 is 1.75 bits per heavy atom. The normalized spacial score (nSPS) is 30.6. The van der Waals surface area contributed by atoms with Crippen LogP contribution in [0, 0.1) is 0 Å². The number of hydrogen-bond acceptors (Lipinski definition) is 3. The third kappa shape index (κ3) is 1.99. The van der Waals surface area contributed by atoms with Crippen molar-refractivity contribution in [1.82, 2.24) is 4.90 Å². The highest BCUT2D eigenvalue weighted by Gasteiger charge is 2.30. The van der Waals surface area contributed by atoms with Crippen LogP contribution in [0.15, 0.2) is 12.3 Å². The molecule has 1 rings (SSSR count). The third-order valence-electron chi connectivity index (χ3n) is 1.91. The minimum atomic E-state index is -0.0556. The van der Waals surface area contributed by atoms with Crippen molar-refractivity contribution < 1.29 is 9.47 Å². The molecule has 1 fully saturated rings. The van der Waals surface area contributed by atoms with Crippen LogP contribution in [0.5, 0.6) is 0 Å². The highest BCUT2D eigenvalue weighted by atomic mass is 16.6. The largest absolute Gasteiger partial charge is 0.495 e. The molecule has 0 spiro atoms. The molecule has 0 saturated carbocycles. The van der Waals surface area contributed by atoms with E-state index in [0.717, 1.165) is 6.54 Å². The maximum absolute atomic E-state index is 5.59. The second-order valence-corrected chi connectivity index (χ2v) is 3.14. The number of likely N-dealkylation sites (N-methyl/N-ethyl adjacent to an activating group) is 1. The number of hydrogen-bond donors (Lipinski definition) is 0. The van der Waals surface area contributed by atoms with Gasteiger partial charge in [0.2, 0.25) is 0 Å². The highest BCUT2D eigenvalue weighted by Crippen LogP contribution is 2.19. The van der Waals surface area contributed by atoms with Crippen molar-refractivity contribution in [2.45, 2.75) is 26.2 Å². The van der Waals surface area contributed by atoms with E-state index < -0.39 is 0 Å². The Hall–Kier alpha value is -0.540. The van der Waals surface area contributed by atoms with Crippen LogP contribution in [0.25, 0.3) is 0 Å². The monoisotopic (exact) mass is 171 g/mol. The average Bonchev–Trinajstić information content (AvgIpc) is 2.30. The van der Waals surface area contributed by atoms with Gasteiger partial charge in [-0.1, -0.05) is 6.58 Å². The molecule has 1 aliphatic rings. The fraction of sp³-hybridized carbons (Fsp3) is 0.778. The van der Waals surface area contributed by atoms with Gasteiger partial charge < -0.3 is 9.47 Å². The van der Waals surface area contributed by atoms with Gasteiger partial charge in [-0.3, -0.25) is 4.90 Å². The average molecular weight is 171 g/mol. The summed E-state index contributed by atoms with van der Waals surface area (Å²) in [6.45, 7) is 9.42. The van der Waals surface area contributed by atoms with E-state index in [-0.39, 0.29) is 12.3 Å². The summed E-state index contributed by atoms with van der Waals surface area (Å²) in [5.74, 6) is 0.712. The molecule has 1 heterocycles. The fourth-order valence-electron chi connectivity index (χ4n) is 1.45. The van der Waals surface area contributed by atoms with Crippen LogP contribution in [0.4, 0.5) is 0 Å². The van der Waals surface area contributed by atoms with E-state index in [1.54, 1.807) is 0 Å². The van der Waals surface area contributed by atoms with Gasteiger partial charge in [-0.15, -0.1) is 0 Å². The molecule has 70 valence electrons. The van der Waals surface area contributed by atoms with E-state index in [1.165, 1.54) is 0 Å². The number of ether oxygens (including phenoxy) is 2. The van der Waals surface area contributed by atoms with Crippen molar-refractivity contribution in [3.8, 4) is 0 Å². The zero-order valence-electron chi connectivity index (χ0n) is 8.04. The van der Waals surface area contributed by atoms with E-state index in [1.807, 2.05) is 14.0 Å². The third-order valence-corrected chi connectivity index (χ3v) is 1.91. The smallest absolute Gasteiger partial charge is 0.168 e. The molecule has 0 aromatic heterocycles. The van der Waals surface area contributed by atoms with Gasteiger partial charge in [0, 0.05) is 6.54 Å².